The Balaban J connectivity index is 2.39. The van der Waals surface area contributed by atoms with Crippen LogP contribution in [-0.4, -0.2) is 50.0 Å². The number of hydrogen-bond donors (Lipinski definition) is 1. The fourth-order valence-corrected chi connectivity index (χ4v) is 4.18. The second-order valence-electron chi connectivity index (χ2n) is 8.20. The van der Waals surface area contributed by atoms with Crippen LogP contribution in [0.4, 0.5) is 10.1 Å². The minimum atomic E-state index is -3.78. The number of amides is 2. The molecule has 9 heteroatoms. The molecule has 0 fully saturated rings. The highest BCUT2D eigenvalue weighted by Crippen LogP contribution is 2.23. The van der Waals surface area contributed by atoms with Gasteiger partial charge in [0.2, 0.25) is 21.8 Å². The Kier molecular flexibility index (Phi) is 8.99. The molecule has 2 unspecified atom stereocenters. The lowest BCUT2D eigenvalue weighted by Crippen LogP contribution is -2.52. The van der Waals surface area contributed by atoms with E-state index < -0.39 is 34.3 Å². The first kappa shape index (κ1) is 26.3. The summed E-state index contributed by atoms with van der Waals surface area (Å²) in [5.74, 6) is -1.30. The summed E-state index contributed by atoms with van der Waals surface area (Å²) < 4.78 is 39.5. The molecule has 33 heavy (non-hydrogen) atoms. The second kappa shape index (κ2) is 11.3. The molecular weight excluding hydrogens is 445 g/mol. The Hall–Kier alpha value is -2.94. The fraction of sp³-hybridized carbons (Fsp3) is 0.417. The zero-order chi connectivity index (χ0) is 24.8. The normalized spacial score (nSPS) is 13.2. The molecule has 0 aliphatic heterocycles. The molecule has 0 aliphatic rings. The Morgan fingerprint density at radius 1 is 1.06 bits per heavy atom. The van der Waals surface area contributed by atoms with Crippen LogP contribution in [0, 0.1) is 12.7 Å². The van der Waals surface area contributed by atoms with Crippen LogP contribution in [0.1, 0.15) is 38.3 Å². The van der Waals surface area contributed by atoms with Gasteiger partial charge in [0.1, 0.15) is 18.4 Å². The summed E-state index contributed by atoms with van der Waals surface area (Å²) in [6, 6.07) is 11.5. The van der Waals surface area contributed by atoms with E-state index in [2.05, 4.69) is 5.32 Å². The van der Waals surface area contributed by atoms with Crippen LogP contribution in [0.15, 0.2) is 48.5 Å². The Morgan fingerprint density at radius 2 is 1.67 bits per heavy atom. The van der Waals surface area contributed by atoms with E-state index in [4.69, 9.17) is 0 Å². The molecule has 2 aromatic rings. The van der Waals surface area contributed by atoms with Gasteiger partial charge in [-0.3, -0.25) is 13.9 Å². The SMILES string of the molecule is CCC(C)NC(=O)C(C)N(Cc1ccc(F)cc1)C(=O)CN(c1ccccc1C)S(C)(=O)=O. The molecule has 2 aromatic carbocycles. The number of benzene rings is 2. The smallest absolute Gasteiger partial charge is 0.244 e. The number of rotatable bonds is 10. The molecule has 1 N–H and O–H groups in total. The Bertz CT molecular complexity index is 1070. The molecule has 2 rings (SSSR count). The van der Waals surface area contributed by atoms with Gasteiger partial charge in [0.15, 0.2) is 0 Å². The zero-order valence-corrected chi connectivity index (χ0v) is 20.5. The number of hydrogen-bond acceptors (Lipinski definition) is 4. The maximum absolute atomic E-state index is 13.4. The van der Waals surface area contributed by atoms with E-state index in [1.54, 1.807) is 38.1 Å². The van der Waals surface area contributed by atoms with Crippen molar-refractivity contribution in [2.24, 2.45) is 0 Å². The van der Waals surface area contributed by atoms with Gasteiger partial charge in [-0.05, 0) is 56.5 Å². The van der Waals surface area contributed by atoms with Crippen molar-refractivity contribution in [3.63, 3.8) is 0 Å². The van der Waals surface area contributed by atoms with E-state index in [0.717, 1.165) is 17.0 Å². The number of aryl methyl sites for hydroxylation is 1. The molecule has 0 aromatic heterocycles. The molecule has 0 spiro atoms. The highest BCUT2D eigenvalue weighted by molar-refractivity contribution is 7.92. The topological polar surface area (TPSA) is 86.8 Å². The summed E-state index contributed by atoms with van der Waals surface area (Å²) in [4.78, 5) is 27.6. The predicted octanol–water partition coefficient (Wildman–Crippen LogP) is 3.23. The fourth-order valence-electron chi connectivity index (χ4n) is 3.27. The third-order valence-electron chi connectivity index (χ3n) is 5.50. The summed E-state index contributed by atoms with van der Waals surface area (Å²) in [5.41, 5.74) is 1.71. The summed E-state index contributed by atoms with van der Waals surface area (Å²) in [7, 11) is -3.78. The van der Waals surface area contributed by atoms with Crippen LogP contribution in [0.2, 0.25) is 0 Å². The third-order valence-corrected chi connectivity index (χ3v) is 6.62. The van der Waals surface area contributed by atoms with Crippen LogP contribution < -0.4 is 9.62 Å². The molecule has 0 saturated heterocycles. The molecule has 0 bridgehead atoms. The van der Waals surface area contributed by atoms with Crippen LogP contribution in [-0.2, 0) is 26.2 Å². The molecule has 2 atom stereocenters. The first-order valence-corrected chi connectivity index (χ1v) is 12.7. The first-order chi connectivity index (χ1) is 15.4. The average molecular weight is 478 g/mol. The van der Waals surface area contributed by atoms with Gasteiger partial charge in [0.25, 0.3) is 0 Å². The second-order valence-corrected chi connectivity index (χ2v) is 10.1. The van der Waals surface area contributed by atoms with Crippen LogP contribution >= 0.6 is 0 Å². The summed E-state index contributed by atoms with van der Waals surface area (Å²) in [5, 5.41) is 2.86. The number of carbonyl (C=O) groups is 2. The van der Waals surface area contributed by atoms with Crippen molar-refractivity contribution < 1.29 is 22.4 Å². The maximum Gasteiger partial charge on any atom is 0.244 e. The lowest BCUT2D eigenvalue weighted by atomic mass is 10.1. The number of para-hydroxylation sites is 1. The average Bonchev–Trinajstić information content (AvgIpc) is 2.76. The predicted molar refractivity (Wildman–Crippen MR) is 128 cm³/mol. The number of nitrogens with one attached hydrogen (secondary N) is 1. The van der Waals surface area contributed by atoms with Crippen LogP contribution in [0.25, 0.3) is 0 Å². The van der Waals surface area contributed by atoms with E-state index in [9.17, 15) is 22.4 Å². The molecule has 0 saturated carbocycles. The van der Waals surface area contributed by atoms with E-state index in [1.807, 2.05) is 13.8 Å². The van der Waals surface area contributed by atoms with Crippen molar-refractivity contribution >= 4 is 27.5 Å². The summed E-state index contributed by atoms with van der Waals surface area (Å²) in [6.45, 7) is 6.71. The minimum Gasteiger partial charge on any atom is -0.352 e. The van der Waals surface area contributed by atoms with E-state index in [-0.39, 0.29) is 18.5 Å². The quantitative estimate of drug-likeness (QED) is 0.569. The van der Waals surface area contributed by atoms with E-state index in [0.29, 0.717) is 16.8 Å². The largest absolute Gasteiger partial charge is 0.352 e. The van der Waals surface area contributed by atoms with Gasteiger partial charge in [0.05, 0.1) is 11.9 Å². The van der Waals surface area contributed by atoms with Gasteiger partial charge < -0.3 is 10.2 Å². The zero-order valence-electron chi connectivity index (χ0n) is 19.7. The van der Waals surface area contributed by atoms with Crippen molar-refractivity contribution in [1.29, 1.82) is 0 Å². The van der Waals surface area contributed by atoms with Crippen molar-refractivity contribution in [3.8, 4) is 0 Å². The van der Waals surface area contributed by atoms with Crippen molar-refractivity contribution in [2.45, 2.75) is 52.7 Å². The lowest BCUT2D eigenvalue weighted by Gasteiger charge is -2.32. The molecule has 0 radical (unpaired) electrons. The number of halogens is 1. The molecular formula is C24H32FN3O4S. The monoisotopic (exact) mass is 477 g/mol. The van der Waals surface area contributed by atoms with Gasteiger partial charge in [-0.2, -0.15) is 0 Å². The van der Waals surface area contributed by atoms with Crippen LogP contribution in [0.3, 0.4) is 0 Å². The third kappa shape index (κ3) is 7.28. The number of nitrogens with zero attached hydrogens (tertiary/aromatic N) is 2. The minimum absolute atomic E-state index is 0.0274. The summed E-state index contributed by atoms with van der Waals surface area (Å²) >= 11 is 0. The molecule has 0 heterocycles. The van der Waals surface area contributed by atoms with Crippen molar-refractivity contribution in [1.82, 2.24) is 10.2 Å². The Labute approximate surface area is 195 Å². The van der Waals surface area contributed by atoms with Crippen molar-refractivity contribution in [3.05, 3.63) is 65.5 Å². The highest BCUT2D eigenvalue weighted by Gasteiger charge is 2.30. The van der Waals surface area contributed by atoms with E-state index in [1.165, 1.54) is 29.2 Å². The Morgan fingerprint density at radius 3 is 2.21 bits per heavy atom. The van der Waals surface area contributed by atoms with Gasteiger partial charge in [-0.25, -0.2) is 12.8 Å². The molecule has 2 amide bonds. The van der Waals surface area contributed by atoms with Crippen LogP contribution in [0.5, 0.6) is 0 Å². The maximum atomic E-state index is 13.4. The molecule has 0 aliphatic carbocycles. The van der Waals surface area contributed by atoms with E-state index >= 15 is 0 Å². The number of carbonyl (C=O) groups excluding carboxylic acids is 2. The van der Waals surface area contributed by atoms with Crippen molar-refractivity contribution in [2.75, 3.05) is 17.1 Å². The number of sulfonamides is 1. The number of anilines is 1. The van der Waals surface area contributed by atoms with Gasteiger partial charge in [-0.15, -0.1) is 0 Å². The lowest BCUT2D eigenvalue weighted by molar-refractivity contribution is -0.139. The molecule has 7 nitrogen and oxygen atoms in total. The first-order valence-electron chi connectivity index (χ1n) is 10.8. The van der Waals surface area contributed by atoms with Gasteiger partial charge in [-0.1, -0.05) is 37.3 Å². The summed E-state index contributed by atoms with van der Waals surface area (Å²) in [6.07, 6.45) is 1.76. The molecule has 180 valence electrons. The van der Waals surface area contributed by atoms with Gasteiger partial charge in [0, 0.05) is 12.6 Å². The highest BCUT2D eigenvalue weighted by atomic mass is 32.2. The standard InChI is InChI=1S/C24H32FN3O4S/c1-6-18(3)26-24(30)19(4)27(15-20-11-13-21(25)14-12-20)23(29)16-28(33(5,31)32)22-10-8-7-9-17(22)2/h7-14,18-19H,6,15-16H2,1-5H3,(H,26,30). The van der Waals surface area contributed by atoms with Gasteiger partial charge >= 0.3 is 0 Å².